The Labute approximate surface area is 115 Å². The lowest BCUT2D eigenvalue weighted by atomic mass is 9.96. The molecule has 2 nitrogen and oxygen atoms in total. The first-order chi connectivity index (χ1) is 9.13. The van der Waals surface area contributed by atoms with Gasteiger partial charge >= 0.3 is 0 Å². The quantitative estimate of drug-likeness (QED) is 0.885. The van der Waals surface area contributed by atoms with E-state index >= 15 is 0 Å². The molecule has 1 unspecified atom stereocenters. The number of aliphatic hydroxyl groups is 1. The minimum absolute atomic E-state index is 0.243. The number of rotatable bonds is 5. The SMILES string of the molecule is CC(C)C(CO)CN(C)c1cccc2ccccc12. The molecule has 0 fully saturated rings. The van der Waals surface area contributed by atoms with Gasteiger partial charge in [-0.1, -0.05) is 50.2 Å². The van der Waals surface area contributed by atoms with Crippen molar-refractivity contribution >= 4 is 16.5 Å². The van der Waals surface area contributed by atoms with Crippen molar-refractivity contribution in [1.82, 2.24) is 0 Å². The molecule has 0 aliphatic heterocycles. The van der Waals surface area contributed by atoms with E-state index in [4.69, 9.17) is 0 Å². The third kappa shape index (κ3) is 3.07. The number of fused-ring (bicyclic) bond motifs is 1. The van der Waals surface area contributed by atoms with Crippen LogP contribution in [-0.4, -0.2) is 25.3 Å². The van der Waals surface area contributed by atoms with Crippen LogP contribution in [0.5, 0.6) is 0 Å². The van der Waals surface area contributed by atoms with Gasteiger partial charge in [-0.25, -0.2) is 0 Å². The second-order valence-corrected chi connectivity index (χ2v) is 5.57. The summed E-state index contributed by atoms with van der Waals surface area (Å²) in [6.45, 7) is 5.45. The molecule has 0 bridgehead atoms. The van der Waals surface area contributed by atoms with Gasteiger partial charge in [-0.15, -0.1) is 0 Å². The van der Waals surface area contributed by atoms with Crippen LogP contribution in [0.4, 0.5) is 5.69 Å². The van der Waals surface area contributed by atoms with E-state index in [1.807, 2.05) is 0 Å². The minimum atomic E-state index is 0.243. The number of nitrogens with zero attached hydrogens (tertiary/aromatic N) is 1. The molecule has 0 amide bonds. The van der Waals surface area contributed by atoms with E-state index in [2.05, 4.69) is 68.3 Å². The van der Waals surface area contributed by atoms with Crippen LogP contribution in [0.1, 0.15) is 13.8 Å². The van der Waals surface area contributed by atoms with Gasteiger partial charge in [0.15, 0.2) is 0 Å². The van der Waals surface area contributed by atoms with Crippen molar-refractivity contribution in [2.45, 2.75) is 13.8 Å². The van der Waals surface area contributed by atoms with Gasteiger partial charge in [-0.2, -0.15) is 0 Å². The zero-order valence-corrected chi connectivity index (χ0v) is 12.0. The Morgan fingerprint density at radius 2 is 1.74 bits per heavy atom. The molecule has 102 valence electrons. The van der Waals surface area contributed by atoms with Gasteiger partial charge in [0.2, 0.25) is 0 Å². The summed E-state index contributed by atoms with van der Waals surface area (Å²) in [7, 11) is 2.10. The molecule has 1 N–H and O–H groups in total. The van der Waals surface area contributed by atoms with Gasteiger partial charge in [0.25, 0.3) is 0 Å². The van der Waals surface area contributed by atoms with Gasteiger partial charge in [0.1, 0.15) is 0 Å². The molecule has 0 saturated carbocycles. The second-order valence-electron chi connectivity index (χ2n) is 5.57. The monoisotopic (exact) mass is 257 g/mol. The van der Waals surface area contributed by atoms with Crippen LogP contribution in [-0.2, 0) is 0 Å². The molecule has 0 heterocycles. The fourth-order valence-corrected chi connectivity index (χ4v) is 2.47. The van der Waals surface area contributed by atoms with E-state index in [1.165, 1.54) is 16.5 Å². The first-order valence-corrected chi connectivity index (χ1v) is 6.93. The standard InChI is InChI=1S/C17H23NO/c1-13(2)15(12-19)11-18(3)17-10-6-8-14-7-4-5-9-16(14)17/h4-10,13,15,19H,11-12H2,1-3H3. The molecule has 1 atom stereocenters. The maximum Gasteiger partial charge on any atom is 0.0478 e. The molecule has 0 aromatic heterocycles. The third-order valence-electron chi connectivity index (χ3n) is 3.86. The maximum absolute atomic E-state index is 9.48. The number of hydrogen-bond donors (Lipinski definition) is 1. The minimum Gasteiger partial charge on any atom is -0.396 e. The molecule has 0 aliphatic rings. The Morgan fingerprint density at radius 3 is 2.42 bits per heavy atom. The van der Waals surface area contributed by atoms with Crippen molar-refractivity contribution in [1.29, 1.82) is 0 Å². The van der Waals surface area contributed by atoms with Gasteiger partial charge < -0.3 is 10.0 Å². The molecule has 2 aromatic rings. The van der Waals surface area contributed by atoms with Crippen LogP contribution in [0.3, 0.4) is 0 Å². The highest BCUT2D eigenvalue weighted by atomic mass is 16.3. The Balaban J connectivity index is 2.28. The first-order valence-electron chi connectivity index (χ1n) is 6.93. The highest BCUT2D eigenvalue weighted by Crippen LogP contribution is 2.27. The Hall–Kier alpha value is -1.54. The highest BCUT2D eigenvalue weighted by Gasteiger charge is 2.16. The highest BCUT2D eigenvalue weighted by molar-refractivity contribution is 5.94. The largest absolute Gasteiger partial charge is 0.396 e. The average molecular weight is 257 g/mol. The molecule has 2 heteroatoms. The van der Waals surface area contributed by atoms with E-state index in [-0.39, 0.29) is 6.61 Å². The molecular formula is C17H23NO. The summed E-state index contributed by atoms with van der Waals surface area (Å²) < 4.78 is 0. The summed E-state index contributed by atoms with van der Waals surface area (Å²) in [5.41, 5.74) is 1.23. The van der Waals surface area contributed by atoms with E-state index in [1.54, 1.807) is 0 Å². The van der Waals surface area contributed by atoms with Crippen LogP contribution >= 0.6 is 0 Å². The number of benzene rings is 2. The Morgan fingerprint density at radius 1 is 1.05 bits per heavy atom. The van der Waals surface area contributed by atoms with Gasteiger partial charge in [0.05, 0.1) is 0 Å². The lowest BCUT2D eigenvalue weighted by Gasteiger charge is -2.28. The number of anilines is 1. The van der Waals surface area contributed by atoms with Crippen LogP contribution in [0.2, 0.25) is 0 Å². The maximum atomic E-state index is 9.48. The molecule has 2 aromatic carbocycles. The van der Waals surface area contributed by atoms with Crippen molar-refractivity contribution in [2.24, 2.45) is 11.8 Å². The average Bonchev–Trinajstić information content (AvgIpc) is 2.43. The summed E-state index contributed by atoms with van der Waals surface area (Å²) >= 11 is 0. The van der Waals surface area contributed by atoms with Crippen LogP contribution in [0, 0.1) is 11.8 Å². The van der Waals surface area contributed by atoms with Gasteiger partial charge in [-0.05, 0) is 17.4 Å². The van der Waals surface area contributed by atoms with E-state index in [9.17, 15) is 5.11 Å². The zero-order valence-electron chi connectivity index (χ0n) is 12.0. The van der Waals surface area contributed by atoms with Crippen molar-refractivity contribution in [3.63, 3.8) is 0 Å². The third-order valence-corrected chi connectivity index (χ3v) is 3.86. The predicted molar refractivity (Wildman–Crippen MR) is 82.6 cm³/mol. The molecule has 0 aliphatic carbocycles. The summed E-state index contributed by atoms with van der Waals surface area (Å²) in [5, 5.41) is 12.0. The predicted octanol–water partition coefficient (Wildman–Crippen LogP) is 3.54. The molecule has 2 rings (SSSR count). The Bertz CT molecular complexity index is 530. The lowest BCUT2D eigenvalue weighted by molar-refractivity contribution is 0.193. The summed E-state index contributed by atoms with van der Waals surface area (Å²) in [5.74, 6) is 0.798. The molecule has 0 spiro atoms. The molecular weight excluding hydrogens is 234 g/mol. The Kier molecular flexibility index (Phi) is 4.43. The first kappa shape index (κ1) is 13.9. The smallest absolute Gasteiger partial charge is 0.0478 e. The lowest BCUT2D eigenvalue weighted by Crippen LogP contribution is -2.30. The summed E-state index contributed by atoms with van der Waals surface area (Å²) in [4.78, 5) is 2.25. The number of aliphatic hydroxyl groups excluding tert-OH is 1. The van der Waals surface area contributed by atoms with Gasteiger partial charge in [0, 0.05) is 37.2 Å². The molecule has 0 radical (unpaired) electrons. The van der Waals surface area contributed by atoms with Crippen molar-refractivity contribution in [3.05, 3.63) is 42.5 Å². The van der Waals surface area contributed by atoms with Crippen molar-refractivity contribution in [2.75, 3.05) is 25.1 Å². The van der Waals surface area contributed by atoms with Gasteiger partial charge in [-0.3, -0.25) is 0 Å². The normalized spacial score (nSPS) is 12.9. The second kappa shape index (κ2) is 6.07. The topological polar surface area (TPSA) is 23.5 Å². The van der Waals surface area contributed by atoms with Crippen LogP contribution in [0.25, 0.3) is 10.8 Å². The fraction of sp³-hybridized carbons (Fsp3) is 0.412. The van der Waals surface area contributed by atoms with Crippen LogP contribution in [0.15, 0.2) is 42.5 Å². The zero-order chi connectivity index (χ0) is 13.8. The molecule has 19 heavy (non-hydrogen) atoms. The van der Waals surface area contributed by atoms with E-state index in [0.29, 0.717) is 11.8 Å². The van der Waals surface area contributed by atoms with E-state index < -0.39 is 0 Å². The fourth-order valence-electron chi connectivity index (χ4n) is 2.47. The van der Waals surface area contributed by atoms with Crippen molar-refractivity contribution in [3.8, 4) is 0 Å². The summed E-state index contributed by atoms with van der Waals surface area (Å²) in [6, 6.07) is 14.8. The number of hydrogen-bond acceptors (Lipinski definition) is 2. The van der Waals surface area contributed by atoms with Crippen LogP contribution < -0.4 is 4.90 Å². The van der Waals surface area contributed by atoms with E-state index in [0.717, 1.165) is 6.54 Å². The molecule has 0 saturated heterocycles. The summed E-state index contributed by atoms with van der Waals surface area (Å²) in [6.07, 6.45) is 0. The van der Waals surface area contributed by atoms with Crippen molar-refractivity contribution < 1.29 is 5.11 Å².